The third-order valence-electron chi connectivity index (χ3n) is 3.09. The zero-order valence-electron chi connectivity index (χ0n) is 16.6. The number of nitrogens with zero attached hydrogens (tertiary/aromatic N) is 1. The number of allylic oxidation sites excluding steroid dienone is 3. The van der Waals surface area contributed by atoms with Gasteiger partial charge in [-0.15, -0.1) is 13.2 Å². The lowest BCUT2D eigenvalue weighted by Gasteiger charge is -2.20. The Labute approximate surface area is 149 Å². The van der Waals surface area contributed by atoms with E-state index < -0.39 is 0 Å². The molecular formula is C21H35NS. The van der Waals surface area contributed by atoms with Crippen LogP contribution >= 0.6 is 11.8 Å². The fourth-order valence-corrected chi connectivity index (χ4v) is 3.25. The van der Waals surface area contributed by atoms with Crippen LogP contribution in [0, 0.1) is 13.8 Å². The van der Waals surface area contributed by atoms with E-state index in [0.717, 1.165) is 6.42 Å². The number of thioether (sulfide) groups is 1. The minimum atomic E-state index is 0.989. The lowest BCUT2D eigenvalue weighted by atomic mass is 10.1. The first-order chi connectivity index (χ1) is 11.0. The molecule has 1 aliphatic heterocycles. The Bertz CT molecular complexity index is 535. The maximum Gasteiger partial charge on any atom is 0.0586 e. The fraction of sp³-hybridized carbons (Fsp3) is 0.476. The molecular weight excluding hydrogens is 298 g/mol. The standard InChI is InChI=1S/C15H19NS.2C2H6.C2H4/c1-9(2)6-14-10(3)7-13-15(17-14)12(5)11(4)8-16-13;3*1-2/h6,8H,7H2,1-5H3;2*1-2H3;1-2H2. The molecule has 2 heterocycles. The van der Waals surface area contributed by atoms with E-state index >= 15 is 0 Å². The molecule has 130 valence electrons. The van der Waals surface area contributed by atoms with Gasteiger partial charge in [0.05, 0.1) is 5.69 Å². The molecule has 0 aliphatic carbocycles. The summed E-state index contributed by atoms with van der Waals surface area (Å²) in [6.45, 7) is 24.8. The number of aryl methyl sites for hydroxylation is 1. The number of hydrogen-bond acceptors (Lipinski definition) is 2. The summed E-state index contributed by atoms with van der Waals surface area (Å²) in [4.78, 5) is 7.33. The van der Waals surface area contributed by atoms with Crippen LogP contribution < -0.4 is 0 Å². The zero-order chi connectivity index (χ0) is 18.6. The first kappa shape index (κ1) is 24.0. The van der Waals surface area contributed by atoms with E-state index in [1.807, 2.05) is 45.7 Å². The quantitative estimate of drug-likeness (QED) is 0.495. The molecule has 1 aromatic heterocycles. The van der Waals surface area contributed by atoms with Crippen LogP contribution in [0.4, 0.5) is 0 Å². The molecule has 0 amide bonds. The molecule has 0 aromatic carbocycles. The molecule has 0 spiro atoms. The lowest BCUT2D eigenvalue weighted by molar-refractivity contribution is 0.950. The highest BCUT2D eigenvalue weighted by molar-refractivity contribution is 8.03. The first-order valence-corrected chi connectivity index (χ1v) is 9.28. The molecule has 0 fully saturated rings. The number of hydrogen-bond donors (Lipinski definition) is 0. The third-order valence-corrected chi connectivity index (χ3v) is 4.53. The van der Waals surface area contributed by atoms with Crippen LogP contribution in [0.5, 0.6) is 0 Å². The molecule has 0 radical (unpaired) electrons. The second-order valence-electron chi connectivity index (χ2n) is 4.99. The highest BCUT2D eigenvalue weighted by Gasteiger charge is 2.18. The first-order valence-electron chi connectivity index (χ1n) is 8.46. The van der Waals surface area contributed by atoms with Crippen molar-refractivity contribution in [3.8, 4) is 0 Å². The highest BCUT2D eigenvalue weighted by Crippen LogP contribution is 2.40. The van der Waals surface area contributed by atoms with Crippen molar-refractivity contribution in [1.82, 2.24) is 4.98 Å². The predicted molar refractivity (Wildman–Crippen MR) is 109 cm³/mol. The van der Waals surface area contributed by atoms with Crippen LogP contribution in [0.15, 0.2) is 46.4 Å². The van der Waals surface area contributed by atoms with Gasteiger partial charge in [0, 0.05) is 22.4 Å². The van der Waals surface area contributed by atoms with Gasteiger partial charge in [0.15, 0.2) is 0 Å². The molecule has 2 heteroatoms. The molecule has 23 heavy (non-hydrogen) atoms. The zero-order valence-corrected chi connectivity index (χ0v) is 17.4. The summed E-state index contributed by atoms with van der Waals surface area (Å²) >= 11 is 1.87. The Morgan fingerprint density at radius 3 is 2.09 bits per heavy atom. The van der Waals surface area contributed by atoms with Crippen molar-refractivity contribution >= 4 is 11.8 Å². The molecule has 0 unspecified atom stereocenters. The summed E-state index contributed by atoms with van der Waals surface area (Å²) in [6.07, 6.45) is 5.27. The maximum absolute atomic E-state index is 4.57. The van der Waals surface area contributed by atoms with Crippen LogP contribution in [0.3, 0.4) is 0 Å². The Hall–Kier alpha value is -1.28. The minimum Gasteiger partial charge on any atom is -0.259 e. The van der Waals surface area contributed by atoms with Crippen LogP contribution in [-0.2, 0) is 6.42 Å². The number of pyridine rings is 1. The van der Waals surface area contributed by atoms with Crippen LogP contribution in [-0.4, -0.2) is 4.98 Å². The summed E-state index contributed by atoms with van der Waals surface area (Å²) in [5.74, 6) is 0. The Kier molecular flexibility index (Phi) is 13.7. The molecule has 0 saturated carbocycles. The van der Waals surface area contributed by atoms with Gasteiger partial charge in [0.2, 0.25) is 0 Å². The number of aromatic nitrogens is 1. The average Bonchev–Trinajstić information content (AvgIpc) is 2.58. The summed E-state index contributed by atoms with van der Waals surface area (Å²) in [5.41, 5.74) is 6.69. The monoisotopic (exact) mass is 333 g/mol. The normalized spacial score (nSPS) is 11.5. The van der Waals surface area contributed by atoms with Gasteiger partial charge in [-0.25, -0.2) is 0 Å². The van der Waals surface area contributed by atoms with Gasteiger partial charge in [-0.3, -0.25) is 4.98 Å². The Morgan fingerprint density at radius 2 is 1.61 bits per heavy atom. The van der Waals surface area contributed by atoms with Crippen LogP contribution in [0.1, 0.15) is 65.3 Å². The van der Waals surface area contributed by atoms with Crippen molar-refractivity contribution in [2.24, 2.45) is 0 Å². The minimum absolute atomic E-state index is 0.989. The van der Waals surface area contributed by atoms with Gasteiger partial charge >= 0.3 is 0 Å². The summed E-state index contributed by atoms with van der Waals surface area (Å²) in [6, 6.07) is 0. The van der Waals surface area contributed by atoms with Gasteiger partial charge in [-0.05, 0) is 51.8 Å². The number of rotatable bonds is 1. The highest BCUT2D eigenvalue weighted by atomic mass is 32.2. The second kappa shape index (κ2) is 13.2. The molecule has 0 N–H and O–H groups in total. The second-order valence-corrected chi connectivity index (χ2v) is 6.04. The molecule has 1 aromatic rings. The van der Waals surface area contributed by atoms with Gasteiger partial charge in [-0.2, -0.15) is 0 Å². The summed E-state index contributed by atoms with van der Waals surface area (Å²) in [7, 11) is 0. The molecule has 0 saturated heterocycles. The summed E-state index contributed by atoms with van der Waals surface area (Å²) < 4.78 is 0. The van der Waals surface area contributed by atoms with Crippen LogP contribution in [0.25, 0.3) is 0 Å². The fourth-order valence-electron chi connectivity index (χ4n) is 1.94. The molecule has 0 bridgehead atoms. The van der Waals surface area contributed by atoms with Gasteiger partial charge in [0.25, 0.3) is 0 Å². The molecule has 2 rings (SSSR count). The van der Waals surface area contributed by atoms with E-state index in [1.165, 1.54) is 37.8 Å². The Balaban J connectivity index is 0. The molecule has 1 nitrogen and oxygen atoms in total. The van der Waals surface area contributed by atoms with E-state index in [1.54, 1.807) is 0 Å². The van der Waals surface area contributed by atoms with Crippen molar-refractivity contribution < 1.29 is 0 Å². The van der Waals surface area contributed by atoms with Gasteiger partial charge < -0.3 is 0 Å². The molecule has 1 aliphatic rings. The predicted octanol–water partition coefficient (Wildman–Crippen LogP) is 7.44. The van der Waals surface area contributed by atoms with Gasteiger partial charge in [-0.1, -0.05) is 50.6 Å². The summed E-state index contributed by atoms with van der Waals surface area (Å²) in [5, 5.41) is 0. The third kappa shape index (κ3) is 7.22. The molecule has 0 atom stereocenters. The smallest absolute Gasteiger partial charge is 0.0586 e. The van der Waals surface area contributed by atoms with Crippen molar-refractivity contribution in [1.29, 1.82) is 0 Å². The van der Waals surface area contributed by atoms with Crippen LogP contribution in [0.2, 0.25) is 0 Å². The largest absolute Gasteiger partial charge is 0.259 e. The van der Waals surface area contributed by atoms with E-state index in [9.17, 15) is 0 Å². The van der Waals surface area contributed by atoms with E-state index in [0.29, 0.717) is 0 Å². The Morgan fingerprint density at radius 1 is 1.09 bits per heavy atom. The SMILES string of the molecule is C=C.CC.CC.CC(C)=CC1=C(C)Cc2ncc(C)c(C)c2S1. The lowest BCUT2D eigenvalue weighted by Crippen LogP contribution is -2.04. The van der Waals surface area contributed by atoms with E-state index in [4.69, 9.17) is 0 Å². The average molecular weight is 334 g/mol. The van der Waals surface area contributed by atoms with Crippen molar-refractivity contribution in [3.05, 3.63) is 58.3 Å². The van der Waals surface area contributed by atoms with Crippen molar-refractivity contribution in [2.45, 2.75) is 73.6 Å². The van der Waals surface area contributed by atoms with Crippen molar-refractivity contribution in [2.75, 3.05) is 0 Å². The van der Waals surface area contributed by atoms with Gasteiger partial charge in [0.1, 0.15) is 0 Å². The maximum atomic E-state index is 4.57. The topological polar surface area (TPSA) is 12.9 Å². The van der Waals surface area contributed by atoms with E-state index in [2.05, 4.69) is 58.8 Å². The van der Waals surface area contributed by atoms with E-state index in [-0.39, 0.29) is 0 Å². The van der Waals surface area contributed by atoms with Crippen molar-refractivity contribution in [3.63, 3.8) is 0 Å². The number of fused-ring (bicyclic) bond motifs is 1.